The smallest absolute Gasteiger partial charge is 0.315 e. The third kappa shape index (κ3) is 5.20. The summed E-state index contributed by atoms with van der Waals surface area (Å²) in [5.74, 6) is 0.377. The molecule has 1 saturated carbocycles. The second-order valence-electron chi connectivity index (χ2n) is 7.10. The molecule has 1 atom stereocenters. The molecular weight excluding hydrogens is 354 g/mol. The minimum atomic E-state index is -3.05. The topological polar surface area (TPSA) is 104 Å². The predicted molar refractivity (Wildman–Crippen MR) is 99.5 cm³/mol. The minimum Gasteiger partial charge on any atom is -0.334 e. The summed E-state index contributed by atoms with van der Waals surface area (Å²) >= 11 is 0. The summed E-state index contributed by atoms with van der Waals surface area (Å²) in [6.07, 6.45) is 4.26. The number of amides is 3. The highest BCUT2D eigenvalue weighted by atomic mass is 32.2. The van der Waals surface area contributed by atoms with E-state index in [4.69, 9.17) is 0 Å². The Balaban J connectivity index is 1.47. The quantitative estimate of drug-likeness (QED) is 0.725. The van der Waals surface area contributed by atoms with Crippen molar-refractivity contribution in [3.8, 4) is 0 Å². The van der Waals surface area contributed by atoms with Crippen LogP contribution in [0.3, 0.4) is 0 Å². The van der Waals surface area contributed by atoms with E-state index in [-0.39, 0.29) is 35.4 Å². The van der Waals surface area contributed by atoms with Crippen LogP contribution in [0.2, 0.25) is 0 Å². The second kappa shape index (κ2) is 8.07. The number of urea groups is 1. The number of hydrogen-bond donors (Lipinski definition) is 3. The molecule has 3 N–H and O–H groups in total. The molecule has 26 heavy (non-hydrogen) atoms. The monoisotopic (exact) mass is 379 g/mol. The first kappa shape index (κ1) is 18.7. The van der Waals surface area contributed by atoms with Crippen molar-refractivity contribution in [2.45, 2.75) is 44.7 Å². The summed E-state index contributed by atoms with van der Waals surface area (Å²) < 4.78 is 23.2. The highest BCUT2D eigenvalue weighted by Crippen LogP contribution is 2.27. The van der Waals surface area contributed by atoms with Gasteiger partial charge in [-0.2, -0.15) is 0 Å². The van der Waals surface area contributed by atoms with E-state index in [1.807, 2.05) is 24.3 Å². The molecule has 0 radical (unpaired) electrons. The summed E-state index contributed by atoms with van der Waals surface area (Å²) in [6.45, 7) is 0.304. The van der Waals surface area contributed by atoms with E-state index in [1.54, 1.807) is 0 Å². The van der Waals surface area contributed by atoms with Crippen molar-refractivity contribution in [2.75, 3.05) is 16.8 Å². The molecule has 0 aromatic heterocycles. The molecule has 7 nitrogen and oxygen atoms in total. The zero-order valence-electron chi connectivity index (χ0n) is 14.7. The maximum absolute atomic E-state index is 12.0. The molecule has 2 aliphatic rings. The van der Waals surface area contributed by atoms with Crippen LogP contribution >= 0.6 is 0 Å². The number of carbonyl (C=O) groups is 2. The van der Waals surface area contributed by atoms with E-state index in [0.717, 1.165) is 30.5 Å². The number of nitrogens with one attached hydrogen (secondary N) is 3. The van der Waals surface area contributed by atoms with Crippen LogP contribution in [-0.4, -0.2) is 37.9 Å². The molecule has 8 heteroatoms. The van der Waals surface area contributed by atoms with E-state index < -0.39 is 9.84 Å². The number of sulfone groups is 1. The Morgan fingerprint density at radius 1 is 1.12 bits per heavy atom. The summed E-state index contributed by atoms with van der Waals surface area (Å²) in [5, 5.41) is 8.38. The van der Waals surface area contributed by atoms with Crippen LogP contribution in [0.4, 0.5) is 10.5 Å². The summed E-state index contributed by atoms with van der Waals surface area (Å²) in [4.78, 5) is 24.0. The number of anilines is 1. The van der Waals surface area contributed by atoms with Crippen LogP contribution in [0.1, 0.15) is 37.7 Å². The molecule has 1 aromatic carbocycles. The van der Waals surface area contributed by atoms with Gasteiger partial charge in [0.15, 0.2) is 9.84 Å². The van der Waals surface area contributed by atoms with E-state index in [2.05, 4.69) is 16.0 Å². The van der Waals surface area contributed by atoms with Gasteiger partial charge in [-0.3, -0.25) is 4.79 Å². The largest absolute Gasteiger partial charge is 0.334 e. The van der Waals surface area contributed by atoms with Gasteiger partial charge >= 0.3 is 6.03 Å². The summed E-state index contributed by atoms with van der Waals surface area (Å²) in [6, 6.07) is 6.65. The molecule has 1 heterocycles. The van der Waals surface area contributed by atoms with Crippen molar-refractivity contribution in [3.05, 3.63) is 29.8 Å². The van der Waals surface area contributed by atoms with Gasteiger partial charge in [0.1, 0.15) is 0 Å². The van der Waals surface area contributed by atoms with Gasteiger partial charge in [0, 0.05) is 24.2 Å². The maximum Gasteiger partial charge on any atom is 0.315 e. The average Bonchev–Trinajstić information content (AvgIpc) is 2.50. The Morgan fingerprint density at radius 2 is 1.92 bits per heavy atom. The molecule has 0 bridgehead atoms. The Kier molecular flexibility index (Phi) is 5.80. The standard InChI is InChI=1S/C18H25N3O4S/c22-17(14-5-2-6-14)20-15-7-1-4-13(10-15)11-19-18(23)21-16-8-3-9-26(24,25)12-16/h1,4,7,10,14,16H,2-3,5-6,8-9,11-12H2,(H,20,22)(H2,19,21,23)/t16-/m1/s1. The van der Waals surface area contributed by atoms with Crippen molar-refractivity contribution in [3.63, 3.8) is 0 Å². The van der Waals surface area contributed by atoms with E-state index in [9.17, 15) is 18.0 Å². The van der Waals surface area contributed by atoms with Crippen LogP contribution in [-0.2, 0) is 21.2 Å². The zero-order valence-corrected chi connectivity index (χ0v) is 15.5. The van der Waals surface area contributed by atoms with Crippen LogP contribution in [0, 0.1) is 5.92 Å². The van der Waals surface area contributed by atoms with Gasteiger partial charge in [-0.05, 0) is 43.4 Å². The molecule has 142 valence electrons. The predicted octanol–water partition coefficient (Wildman–Crippen LogP) is 1.80. The SMILES string of the molecule is O=C(NCc1cccc(NC(=O)C2CCC2)c1)N[C@@H]1CCCS(=O)(=O)C1. The van der Waals surface area contributed by atoms with Gasteiger partial charge in [-0.1, -0.05) is 18.6 Å². The Morgan fingerprint density at radius 3 is 2.62 bits per heavy atom. The van der Waals surface area contributed by atoms with Gasteiger partial charge in [0.05, 0.1) is 11.5 Å². The lowest BCUT2D eigenvalue weighted by molar-refractivity contribution is -0.122. The lowest BCUT2D eigenvalue weighted by atomic mass is 9.85. The van der Waals surface area contributed by atoms with Crippen molar-refractivity contribution in [2.24, 2.45) is 5.92 Å². The van der Waals surface area contributed by atoms with Crippen molar-refractivity contribution in [1.82, 2.24) is 10.6 Å². The fraction of sp³-hybridized carbons (Fsp3) is 0.556. The highest BCUT2D eigenvalue weighted by Gasteiger charge is 2.26. The fourth-order valence-electron chi connectivity index (χ4n) is 3.23. The maximum atomic E-state index is 12.0. The van der Waals surface area contributed by atoms with E-state index in [0.29, 0.717) is 19.4 Å². The Hall–Kier alpha value is -2.09. The minimum absolute atomic E-state index is 0.00308. The molecule has 3 amide bonds. The van der Waals surface area contributed by atoms with Gasteiger partial charge < -0.3 is 16.0 Å². The van der Waals surface area contributed by atoms with Gasteiger partial charge in [-0.25, -0.2) is 13.2 Å². The first-order valence-corrected chi connectivity index (χ1v) is 10.9. The molecule has 2 fully saturated rings. The third-order valence-corrected chi connectivity index (χ3v) is 6.74. The van der Waals surface area contributed by atoms with Crippen molar-refractivity contribution < 1.29 is 18.0 Å². The molecule has 1 aliphatic carbocycles. The Labute approximate surface area is 153 Å². The molecule has 1 aromatic rings. The van der Waals surface area contributed by atoms with E-state index in [1.165, 1.54) is 0 Å². The van der Waals surface area contributed by atoms with Crippen LogP contribution in [0.5, 0.6) is 0 Å². The van der Waals surface area contributed by atoms with Crippen molar-refractivity contribution >= 4 is 27.5 Å². The van der Waals surface area contributed by atoms with Gasteiger partial charge in [0.2, 0.25) is 5.91 Å². The summed E-state index contributed by atoms with van der Waals surface area (Å²) in [5.41, 5.74) is 1.59. The van der Waals surface area contributed by atoms with Gasteiger partial charge in [0.25, 0.3) is 0 Å². The van der Waals surface area contributed by atoms with Crippen LogP contribution in [0.25, 0.3) is 0 Å². The normalized spacial score (nSPS) is 22.1. The second-order valence-corrected chi connectivity index (χ2v) is 9.33. The molecule has 0 spiro atoms. The average molecular weight is 379 g/mol. The van der Waals surface area contributed by atoms with Crippen LogP contribution < -0.4 is 16.0 Å². The molecular formula is C18H25N3O4S. The highest BCUT2D eigenvalue weighted by molar-refractivity contribution is 7.91. The first-order valence-electron chi connectivity index (χ1n) is 9.06. The number of rotatable bonds is 5. The first-order chi connectivity index (χ1) is 12.4. The third-order valence-electron chi connectivity index (χ3n) is 4.92. The lowest BCUT2D eigenvalue weighted by Crippen LogP contribution is -2.47. The van der Waals surface area contributed by atoms with Gasteiger partial charge in [-0.15, -0.1) is 0 Å². The summed E-state index contributed by atoms with van der Waals surface area (Å²) in [7, 11) is -3.05. The zero-order chi connectivity index (χ0) is 18.6. The molecule has 1 saturated heterocycles. The number of hydrogen-bond acceptors (Lipinski definition) is 4. The van der Waals surface area contributed by atoms with Crippen LogP contribution in [0.15, 0.2) is 24.3 Å². The molecule has 0 unspecified atom stereocenters. The Bertz CT molecular complexity index is 774. The lowest BCUT2D eigenvalue weighted by Gasteiger charge is -2.24. The van der Waals surface area contributed by atoms with Crippen molar-refractivity contribution in [1.29, 1.82) is 0 Å². The van der Waals surface area contributed by atoms with E-state index >= 15 is 0 Å². The molecule has 3 rings (SSSR count). The number of benzene rings is 1. The molecule has 1 aliphatic heterocycles. The number of carbonyl (C=O) groups excluding carboxylic acids is 2. The fourth-order valence-corrected chi connectivity index (χ4v) is 4.87.